The average molecular weight is 603 g/mol. The Labute approximate surface area is 259 Å². The maximum atomic E-state index is 13.3. The van der Waals surface area contributed by atoms with Crippen molar-refractivity contribution in [3.05, 3.63) is 150 Å². The van der Waals surface area contributed by atoms with E-state index in [2.05, 4.69) is 5.32 Å². The topological polar surface area (TPSA) is 125 Å². The molecule has 0 aliphatic carbocycles. The molecule has 0 bridgehead atoms. The van der Waals surface area contributed by atoms with Gasteiger partial charge in [-0.2, -0.15) is 0 Å². The summed E-state index contributed by atoms with van der Waals surface area (Å²) in [5.74, 6) is -0.488. The molecule has 3 N–H and O–H groups in total. The number of carbonyl (C=O) groups is 3. The van der Waals surface area contributed by atoms with Crippen LogP contribution in [0.1, 0.15) is 31.8 Å². The molecule has 0 aliphatic heterocycles. The molecule has 0 unspecified atom stereocenters. The second-order valence-corrected chi connectivity index (χ2v) is 10.0. The number of hydrogen-bond acceptors (Lipinski definition) is 6. The molecule has 45 heavy (non-hydrogen) atoms. The van der Waals surface area contributed by atoms with E-state index in [0.29, 0.717) is 29.2 Å². The molecule has 9 heteroatoms. The minimum atomic E-state index is -1.32. The van der Waals surface area contributed by atoms with Crippen molar-refractivity contribution >= 4 is 23.5 Å². The first-order valence-corrected chi connectivity index (χ1v) is 14.1. The zero-order chi connectivity index (χ0) is 31.6. The lowest BCUT2D eigenvalue weighted by molar-refractivity contribution is -0.120. The molecule has 0 atom stereocenters. The molecule has 0 fully saturated rings. The van der Waals surface area contributed by atoms with Gasteiger partial charge in [0.2, 0.25) is 0 Å². The number of hydrogen-bond donors (Lipinski definition) is 3. The fourth-order valence-electron chi connectivity index (χ4n) is 4.45. The Kier molecular flexibility index (Phi) is 9.71. The van der Waals surface area contributed by atoms with Crippen LogP contribution in [0.3, 0.4) is 0 Å². The molecule has 9 nitrogen and oxygen atoms in total. The molecular weight excluding hydrogens is 572 g/mol. The number of aromatic hydroxyl groups is 1. The van der Waals surface area contributed by atoms with Gasteiger partial charge in [-0.3, -0.25) is 9.59 Å². The Morgan fingerprint density at radius 2 is 1.29 bits per heavy atom. The van der Waals surface area contributed by atoms with Crippen LogP contribution < -0.4 is 19.7 Å². The highest BCUT2D eigenvalue weighted by Crippen LogP contribution is 2.26. The number of aromatic carboxylic acids is 1. The van der Waals surface area contributed by atoms with Gasteiger partial charge in [0.15, 0.2) is 6.61 Å². The maximum Gasteiger partial charge on any atom is 0.339 e. The highest BCUT2D eigenvalue weighted by Gasteiger charge is 2.21. The summed E-state index contributed by atoms with van der Waals surface area (Å²) in [7, 11) is 0. The number of anilines is 1. The minimum Gasteiger partial charge on any atom is -0.507 e. The minimum absolute atomic E-state index is 0.0696. The Balaban J connectivity index is 1.23. The van der Waals surface area contributed by atoms with E-state index in [1.165, 1.54) is 23.1 Å². The lowest BCUT2D eigenvalue weighted by Gasteiger charge is -2.24. The number of para-hydroxylation sites is 2. The van der Waals surface area contributed by atoms with Gasteiger partial charge in [-0.05, 0) is 77.9 Å². The van der Waals surface area contributed by atoms with Crippen molar-refractivity contribution in [1.82, 2.24) is 5.32 Å². The number of carboxylic acids is 1. The SMILES string of the molecule is O=C(NCc1ccc(Oc2ccccc2)cc1)c1ccc(CN(C(=O)COc2ccccc2)c2ccc(O)c(C(=O)O)c2)cc1. The molecule has 0 radical (unpaired) electrons. The fraction of sp³-hybridized carbons (Fsp3) is 0.0833. The number of rotatable bonds is 12. The quantitative estimate of drug-likeness (QED) is 0.150. The molecule has 226 valence electrons. The molecule has 0 spiro atoms. The summed E-state index contributed by atoms with van der Waals surface area (Å²) < 4.78 is 11.4. The number of carboxylic acid groups (broad SMARTS) is 1. The summed E-state index contributed by atoms with van der Waals surface area (Å²) in [6.07, 6.45) is 0. The van der Waals surface area contributed by atoms with Crippen LogP contribution in [0, 0.1) is 0 Å². The molecule has 2 amide bonds. The van der Waals surface area contributed by atoms with E-state index in [0.717, 1.165) is 11.3 Å². The molecule has 5 aromatic rings. The predicted octanol–water partition coefficient (Wildman–Crippen LogP) is 6.42. The van der Waals surface area contributed by atoms with E-state index in [1.54, 1.807) is 48.5 Å². The van der Waals surface area contributed by atoms with Crippen molar-refractivity contribution in [3.63, 3.8) is 0 Å². The van der Waals surface area contributed by atoms with Crippen LogP contribution in [0.5, 0.6) is 23.0 Å². The van der Waals surface area contributed by atoms with Crippen LogP contribution in [0.15, 0.2) is 127 Å². The van der Waals surface area contributed by atoms with Crippen molar-refractivity contribution < 1.29 is 34.1 Å². The summed E-state index contributed by atoms with van der Waals surface area (Å²) in [4.78, 5) is 39.2. The first-order valence-electron chi connectivity index (χ1n) is 14.1. The van der Waals surface area contributed by atoms with Crippen LogP contribution in [-0.4, -0.2) is 34.6 Å². The van der Waals surface area contributed by atoms with Gasteiger partial charge in [-0.25, -0.2) is 4.79 Å². The van der Waals surface area contributed by atoms with Crippen molar-refractivity contribution in [2.24, 2.45) is 0 Å². The van der Waals surface area contributed by atoms with Gasteiger partial charge in [0.1, 0.15) is 28.6 Å². The smallest absolute Gasteiger partial charge is 0.339 e. The molecule has 0 saturated heterocycles. The van der Waals surface area contributed by atoms with E-state index in [9.17, 15) is 24.6 Å². The lowest BCUT2D eigenvalue weighted by Crippen LogP contribution is -2.34. The summed E-state index contributed by atoms with van der Waals surface area (Å²) in [6.45, 7) is 0.0932. The number of benzene rings is 5. The van der Waals surface area contributed by atoms with Gasteiger partial charge in [-0.15, -0.1) is 0 Å². The standard InChI is InChI=1S/C36H30N2O7/c39-33-20-17-28(21-32(33)36(42)43)38(34(40)24-44-29-7-3-1-4-8-29)23-26-11-15-27(16-12-26)35(41)37-22-25-13-18-31(19-14-25)45-30-9-5-2-6-10-30/h1-21,39H,22-24H2,(H,37,41)(H,42,43). The van der Waals surface area contributed by atoms with Crippen LogP contribution in [0.25, 0.3) is 0 Å². The van der Waals surface area contributed by atoms with Gasteiger partial charge >= 0.3 is 5.97 Å². The normalized spacial score (nSPS) is 10.5. The van der Waals surface area contributed by atoms with Crippen LogP contribution in [-0.2, 0) is 17.9 Å². The molecule has 0 aromatic heterocycles. The average Bonchev–Trinajstić information content (AvgIpc) is 3.07. The summed E-state index contributed by atoms with van der Waals surface area (Å²) >= 11 is 0. The lowest BCUT2D eigenvalue weighted by atomic mass is 10.1. The van der Waals surface area contributed by atoms with Crippen molar-refractivity contribution in [2.45, 2.75) is 13.1 Å². The first-order chi connectivity index (χ1) is 21.9. The highest BCUT2D eigenvalue weighted by molar-refractivity contribution is 5.98. The molecule has 5 aromatic carbocycles. The largest absolute Gasteiger partial charge is 0.507 e. The molecule has 0 aliphatic rings. The third-order valence-electron chi connectivity index (χ3n) is 6.84. The summed E-state index contributed by atoms with van der Waals surface area (Å²) in [5.41, 5.74) is 1.97. The van der Waals surface area contributed by atoms with Crippen LogP contribution >= 0.6 is 0 Å². The zero-order valence-corrected chi connectivity index (χ0v) is 24.1. The summed E-state index contributed by atoms with van der Waals surface area (Å²) in [5, 5.41) is 22.4. The number of nitrogens with zero attached hydrogens (tertiary/aromatic N) is 1. The molecule has 0 heterocycles. The molecule has 0 saturated carbocycles. The third-order valence-corrected chi connectivity index (χ3v) is 6.84. The van der Waals surface area contributed by atoms with Crippen molar-refractivity contribution in [2.75, 3.05) is 11.5 Å². The molecule has 5 rings (SSSR count). The number of phenols is 1. The number of carbonyl (C=O) groups excluding carboxylic acids is 2. The van der Waals surface area contributed by atoms with E-state index in [1.807, 2.05) is 60.7 Å². The Morgan fingerprint density at radius 3 is 1.93 bits per heavy atom. The highest BCUT2D eigenvalue weighted by atomic mass is 16.5. The van der Waals surface area contributed by atoms with Gasteiger partial charge in [0, 0.05) is 17.8 Å². The van der Waals surface area contributed by atoms with Gasteiger partial charge in [-0.1, -0.05) is 60.7 Å². The Hall–Kier alpha value is -6.09. The van der Waals surface area contributed by atoms with Gasteiger partial charge < -0.3 is 29.9 Å². The fourth-order valence-corrected chi connectivity index (χ4v) is 4.45. The second-order valence-electron chi connectivity index (χ2n) is 10.0. The van der Waals surface area contributed by atoms with Crippen molar-refractivity contribution in [3.8, 4) is 23.0 Å². The summed E-state index contributed by atoms with van der Waals surface area (Å²) in [6, 6.07) is 36.4. The second kappa shape index (κ2) is 14.4. The zero-order valence-electron chi connectivity index (χ0n) is 24.1. The van der Waals surface area contributed by atoms with Gasteiger partial charge in [0.05, 0.1) is 6.54 Å². The molecular formula is C36H30N2O7. The third kappa shape index (κ3) is 8.26. The van der Waals surface area contributed by atoms with Crippen LogP contribution in [0.4, 0.5) is 5.69 Å². The number of ether oxygens (including phenoxy) is 2. The van der Waals surface area contributed by atoms with E-state index < -0.39 is 17.6 Å². The maximum absolute atomic E-state index is 13.3. The van der Waals surface area contributed by atoms with Crippen LogP contribution in [0.2, 0.25) is 0 Å². The predicted molar refractivity (Wildman–Crippen MR) is 169 cm³/mol. The van der Waals surface area contributed by atoms with Gasteiger partial charge in [0.25, 0.3) is 11.8 Å². The monoisotopic (exact) mass is 602 g/mol. The van der Waals surface area contributed by atoms with E-state index in [4.69, 9.17) is 9.47 Å². The van der Waals surface area contributed by atoms with Crippen molar-refractivity contribution in [1.29, 1.82) is 0 Å². The number of nitrogens with one attached hydrogen (secondary N) is 1. The Morgan fingerprint density at radius 1 is 0.689 bits per heavy atom. The first kappa shape index (κ1) is 30.4. The van der Waals surface area contributed by atoms with E-state index in [-0.39, 0.29) is 30.3 Å². The number of amides is 2. The van der Waals surface area contributed by atoms with E-state index >= 15 is 0 Å². The Bertz CT molecular complexity index is 1760.